The summed E-state index contributed by atoms with van der Waals surface area (Å²) < 4.78 is 6.31. The monoisotopic (exact) mass is 300 g/mol. The van der Waals surface area contributed by atoms with Crippen LogP contribution in [0.3, 0.4) is 0 Å². The maximum absolute atomic E-state index is 10.9. The smallest absolute Gasteiger partial charge is 0.312 e. The minimum Gasteiger partial charge on any atom is -0.482 e. The largest absolute Gasteiger partial charge is 0.482 e. The molecule has 0 bridgehead atoms. The second-order valence-electron chi connectivity index (χ2n) is 4.12. The SMILES string of the molecule is NC1CCCC1Oc1ccc(Br)cc1[N+](=O)[O-]. The van der Waals surface area contributed by atoms with Crippen LogP contribution in [0.5, 0.6) is 5.75 Å². The summed E-state index contributed by atoms with van der Waals surface area (Å²) in [6.07, 6.45) is 2.66. The number of rotatable bonds is 3. The van der Waals surface area contributed by atoms with Gasteiger partial charge in [0, 0.05) is 16.6 Å². The van der Waals surface area contributed by atoms with Crippen LogP contribution in [0, 0.1) is 10.1 Å². The van der Waals surface area contributed by atoms with E-state index in [1.807, 2.05) is 0 Å². The van der Waals surface area contributed by atoms with Crippen molar-refractivity contribution in [1.82, 2.24) is 0 Å². The maximum atomic E-state index is 10.9. The molecule has 0 spiro atoms. The molecule has 2 unspecified atom stereocenters. The predicted molar refractivity (Wildman–Crippen MR) is 67.0 cm³/mol. The second-order valence-corrected chi connectivity index (χ2v) is 5.04. The molecule has 0 aromatic heterocycles. The van der Waals surface area contributed by atoms with Gasteiger partial charge in [0.05, 0.1) is 4.92 Å². The first-order valence-corrected chi connectivity index (χ1v) is 6.23. The van der Waals surface area contributed by atoms with Gasteiger partial charge in [-0.25, -0.2) is 0 Å². The summed E-state index contributed by atoms with van der Waals surface area (Å²) in [5.41, 5.74) is 5.85. The standard InChI is InChI=1S/C11H13BrN2O3/c12-7-4-5-11(9(6-7)14(15)16)17-10-3-1-2-8(10)13/h4-6,8,10H,1-3,13H2. The molecule has 6 heteroatoms. The topological polar surface area (TPSA) is 78.4 Å². The Morgan fingerprint density at radius 3 is 2.82 bits per heavy atom. The van der Waals surface area contributed by atoms with Gasteiger partial charge in [0.1, 0.15) is 6.10 Å². The van der Waals surface area contributed by atoms with Crippen molar-refractivity contribution in [2.45, 2.75) is 31.4 Å². The van der Waals surface area contributed by atoms with E-state index in [2.05, 4.69) is 15.9 Å². The molecule has 1 saturated carbocycles. The van der Waals surface area contributed by atoms with Crippen LogP contribution in [-0.4, -0.2) is 17.1 Å². The van der Waals surface area contributed by atoms with Crippen molar-refractivity contribution in [3.8, 4) is 5.75 Å². The zero-order valence-corrected chi connectivity index (χ0v) is 10.7. The average molecular weight is 301 g/mol. The van der Waals surface area contributed by atoms with Gasteiger partial charge in [0.2, 0.25) is 0 Å². The van der Waals surface area contributed by atoms with E-state index in [1.165, 1.54) is 6.07 Å². The van der Waals surface area contributed by atoms with Gasteiger partial charge in [0.15, 0.2) is 5.75 Å². The molecule has 5 nitrogen and oxygen atoms in total. The van der Waals surface area contributed by atoms with E-state index >= 15 is 0 Å². The van der Waals surface area contributed by atoms with Crippen molar-refractivity contribution in [1.29, 1.82) is 0 Å². The van der Waals surface area contributed by atoms with Crippen molar-refractivity contribution >= 4 is 21.6 Å². The van der Waals surface area contributed by atoms with Gasteiger partial charge in [-0.15, -0.1) is 0 Å². The van der Waals surface area contributed by atoms with Crippen molar-refractivity contribution < 1.29 is 9.66 Å². The third kappa shape index (κ3) is 2.76. The van der Waals surface area contributed by atoms with E-state index in [4.69, 9.17) is 10.5 Å². The molecule has 17 heavy (non-hydrogen) atoms. The molecule has 0 radical (unpaired) electrons. The minimum absolute atomic E-state index is 0.0292. The molecule has 0 amide bonds. The number of hydrogen-bond acceptors (Lipinski definition) is 4. The van der Waals surface area contributed by atoms with Crippen molar-refractivity contribution in [3.05, 3.63) is 32.8 Å². The van der Waals surface area contributed by atoms with Crippen LogP contribution in [0.4, 0.5) is 5.69 Å². The minimum atomic E-state index is -0.444. The molecule has 1 fully saturated rings. The van der Waals surface area contributed by atoms with Gasteiger partial charge >= 0.3 is 5.69 Å². The third-order valence-electron chi connectivity index (χ3n) is 2.90. The lowest BCUT2D eigenvalue weighted by Gasteiger charge is -2.17. The highest BCUT2D eigenvalue weighted by Crippen LogP contribution is 2.33. The molecular weight excluding hydrogens is 288 g/mol. The number of benzene rings is 1. The summed E-state index contributed by atoms with van der Waals surface area (Å²) in [5.74, 6) is 0.292. The Kier molecular flexibility index (Phi) is 3.63. The quantitative estimate of drug-likeness (QED) is 0.687. The van der Waals surface area contributed by atoms with Crippen molar-refractivity contribution in [2.24, 2.45) is 5.73 Å². The van der Waals surface area contributed by atoms with Gasteiger partial charge in [-0.05, 0) is 31.4 Å². The second kappa shape index (κ2) is 5.01. The molecule has 1 aliphatic rings. The summed E-state index contributed by atoms with van der Waals surface area (Å²) in [7, 11) is 0. The number of nitrogens with two attached hydrogens (primary N) is 1. The van der Waals surface area contributed by atoms with E-state index in [1.54, 1.807) is 12.1 Å². The lowest BCUT2D eigenvalue weighted by molar-refractivity contribution is -0.386. The fraction of sp³-hybridized carbons (Fsp3) is 0.455. The first-order chi connectivity index (χ1) is 8.08. The first kappa shape index (κ1) is 12.3. The van der Waals surface area contributed by atoms with Crippen LogP contribution in [0.25, 0.3) is 0 Å². The van der Waals surface area contributed by atoms with Gasteiger partial charge in [-0.3, -0.25) is 10.1 Å². The Bertz CT molecular complexity index is 439. The van der Waals surface area contributed by atoms with E-state index < -0.39 is 4.92 Å². The summed E-state index contributed by atoms with van der Waals surface area (Å²) in [6, 6.07) is 4.74. The van der Waals surface area contributed by atoms with Crippen molar-refractivity contribution in [3.63, 3.8) is 0 Å². The molecular formula is C11H13BrN2O3. The van der Waals surface area contributed by atoms with Crippen LogP contribution in [0.1, 0.15) is 19.3 Å². The third-order valence-corrected chi connectivity index (χ3v) is 3.39. The van der Waals surface area contributed by atoms with Gasteiger partial charge in [-0.2, -0.15) is 0 Å². The maximum Gasteiger partial charge on any atom is 0.312 e. The summed E-state index contributed by atoms with van der Waals surface area (Å²) in [5, 5.41) is 10.9. The zero-order chi connectivity index (χ0) is 12.4. The molecule has 0 aliphatic heterocycles. The Balaban J connectivity index is 2.22. The number of halogens is 1. The zero-order valence-electron chi connectivity index (χ0n) is 9.14. The Morgan fingerprint density at radius 2 is 2.24 bits per heavy atom. The summed E-state index contributed by atoms with van der Waals surface area (Å²) >= 11 is 3.20. The Hall–Kier alpha value is -1.14. The molecule has 92 valence electrons. The number of nitrogens with zero attached hydrogens (tertiary/aromatic N) is 1. The van der Waals surface area contributed by atoms with E-state index in [0.29, 0.717) is 10.2 Å². The van der Waals surface area contributed by atoms with Crippen LogP contribution < -0.4 is 10.5 Å². The van der Waals surface area contributed by atoms with Crippen LogP contribution in [-0.2, 0) is 0 Å². The van der Waals surface area contributed by atoms with E-state index in [9.17, 15) is 10.1 Å². The molecule has 1 aliphatic carbocycles. The summed E-state index contributed by atoms with van der Waals surface area (Å²) in [6.45, 7) is 0. The molecule has 2 N–H and O–H groups in total. The highest BCUT2D eigenvalue weighted by atomic mass is 79.9. The average Bonchev–Trinajstić information content (AvgIpc) is 2.67. The molecule has 1 aromatic rings. The number of nitro groups is 1. The highest BCUT2D eigenvalue weighted by Gasteiger charge is 2.28. The molecule has 0 heterocycles. The lowest BCUT2D eigenvalue weighted by atomic mass is 10.2. The van der Waals surface area contributed by atoms with Crippen LogP contribution >= 0.6 is 15.9 Å². The van der Waals surface area contributed by atoms with Crippen LogP contribution in [0.15, 0.2) is 22.7 Å². The predicted octanol–water partition coefficient (Wildman–Crippen LogP) is 2.62. The summed E-state index contributed by atoms with van der Waals surface area (Å²) in [4.78, 5) is 10.5. The lowest BCUT2D eigenvalue weighted by Crippen LogP contribution is -2.33. The number of ether oxygens (including phenoxy) is 1. The van der Waals surface area contributed by atoms with E-state index in [0.717, 1.165) is 19.3 Å². The van der Waals surface area contributed by atoms with Gasteiger partial charge in [0.25, 0.3) is 0 Å². The first-order valence-electron chi connectivity index (χ1n) is 5.44. The van der Waals surface area contributed by atoms with Gasteiger partial charge in [-0.1, -0.05) is 15.9 Å². The fourth-order valence-electron chi connectivity index (χ4n) is 2.00. The molecule has 2 atom stereocenters. The highest BCUT2D eigenvalue weighted by molar-refractivity contribution is 9.10. The van der Waals surface area contributed by atoms with E-state index in [-0.39, 0.29) is 17.8 Å². The van der Waals surface area contributed by atoms with Crippen molar-refractivity contribution in [2.75, 3.05) is 0 Å². The van der Waals surface area contributed by atoms with Crippen LogP contribution in [0.2, 0.25) is 0 Å². The molecule has 2 rings (SSSR count). The Morgan fingerprint density at radius 1 is 1.47 bits per heavy atom. The number of nitro benzene ring substituents is 1. The normalized spacial score (nSPS) is 23.6. The van der Waals surface area contributed by atoms with Gasteiger partial charge < -0.3 is 10.5 Å². The molecule has 1 aromatic carbocycles. The number of hydrogen-bond donors (Lipinski definition) is 1. The Labute approximate surface area is 107 Å². The fourth-order valence-corrected chi connectivity index (χ4v) is 2.35. The molecule has 0 saturated heterocycles.